The summed E-state index contributed by atoms with van der Waals surface area (Å²) in [6.45, 7) is 33.8. The number of allylic oxidation sites excluding steroid dienone is 1. The van der Waals surface area contributed by atoms with Gasteiger partial charge >= 0.3 is 5.97 Å². The summed E-state index contributed by atoms with van der Waals surface area (Å²) in [7, 11) is -0.566. The summed E-state index contributed by atoms with van der Waals surface area (Å²) in [5.41, 5.74) is 0.765. The summed E-state index contributed by atoms with van der Waals surface area (Å²) in [4.78, 5) is 16.4. The minimum absolute atomic E-state index is 0.0382. The fourth-order valence-corrected chi connectivity index (χ4v) is 12.6. The highest BCUT2D eigenvalue weighted by Gasteiger charge is 2.64. The van der Waals surface area contributed by atoms with Gasteiger partial charge in [-0.05, 0) is 139 Å². The summed E-state index contributed by atoms with van der Waals surface area (Å²) < 4.78 is 11.5. The Morgan fingerprint density at radius 2 is 1.45 bits per heavy atom. The summed E-state index contributed by atoms with van der Waals surface area (Å²) in [6, 6.07) is 0. The van der Waals surface area contributed by atoms with Crippen molar-refractivity contribution in [1.82, 2.24) is 15.1 Å². The molecular weight excluding hydrogens is 651 g/mol. The summed E-state index contributed by atoms with van der Waals surface area (Å²) in [5.74, 6) is 5.21. The SMILES string of the molecule is C=CC.CC.CC.CC.CC12CCC3C(C)(CCN(CC(=O)O)C3(C)C)C1CCC1C2CCC[C@@H]1CCCCCNCCCN1CCS(=O)CC1. The maximum atomic E-state index is 11.6. The van der Waals surface area contributed by atoms with E-state index < -0.39 is 16.8 Å². The van der Waals surface area contributed by atoms with Crippen molar-refractivity contribution in [2.45, 2.75) is 165 Å². The molecular formula is C44H87N3O3S. The summed E-state index contributed by atoms with van der Waals surface area (Å²) in [5, 5.41) is 13.2. The van der Waals surface area contributed by atoms with Gasteiger partial charge in [0, 0.05) is 40.9 Å². The van der Waals surface area contributed by atoms with Crippen LogP contribution in [0.3, 0.4) is 0 Å². The number of carboxylic acid groups (broad SMARTS) is 1. The molecule has 0 aromatic heterocycles. The second-order valence-corrected chi connectivity index (χ2v) is 18.2. The standard InChI is InChI=1S/C35H63N3O3S.C3H6.3C2H6/c1-33(2)30-15-16-34(3)29-12-8-11-27(10-6-5-7-18-36-19-9-20-37-22-24-42(41)25-23-37)28(29)13-14-31(34)35(30,4)17-21-38(33)26-32(39)40;1-3-2;3*1-2/h27-31,36H,5-26H2,1-4H3,(H,39,40);3H,1H2,2H3;3*1-2H3/t27-,28?,29?,30?,31?,34?,35?;;;;/m0..../s1. The first kappa shape index (κ1) is 48.3. The first-order valence-electron chi connectivity index (χ1n) is 21.8. The van der Waals surface area contributed by atoms with E-state index in [0.717, 1.165) is 74.4 Å². The van der Waals surface area contributed by atoms with E-state index in [1.165, 1.54) is 83.5 Å². The molecule has 7 heteroatoms. The maximum absolute atomic E-state index is 11.6. The number of carboxylic acids is 1. The highest BCUT2D eigenvalue weighted by molar-refractivity contribution is 7.85. The predicted octanol–water partition coefficient (Wildman–Crippen LogP) is 10.3. The van der Waals surface area contributed by atoms with E-state index in [1.54, 1.807) is 6.08 Å². The number of unbranched alkanes of at least 4 members (excludes halogenated alkanes) is 2. The Kier molecular flexibility index (Phi) is 23.3. The average molecular weight is 738 g/mol. The Balaban J connectivity index is 0.00000133. The number of carbonyl (C=O) groups is 1. The van der Waals surface area contributed by atoms with Crippen LogP contribution in [0.5, 0.6) is 0 Å². The fourth-order valence-electron chi connectivity index (χ4n) is 11.5. The van der Waals surface area contributed by atoms with Crippen LogP contribution in [-0.2, 0) is 15.6 Å². The van der Waals surface area contributed by atoms with Gasteiger partial charge in [-0.3, -0.25) is 13.9 Å². The Morgan fingerprint density at radius 1 is 0.824 bits per heavy atom. The van der Waals surface area contributed by atoms with Crippen molar-refractivity contribution in [3.63, 3.8) is 0 Å². The molecule has 5 aliphatic rings. The Labute approximate surface area is 320 Å². The Morgan fingerprint density at radius 3 is 2.08 bits per heavy atom. The third-order valence-electron chi connectivity index (χ3n) is 13.6. The first-order chi connectivity index (χ1) is 24.5. The fraction of sp³-hybridized carbons (Fsp3) is 0.932. The first-order valence-corrected chi connectivity index (χ1v) is 23.3. The zero-order valence-corrected chi connectivity index (χ0v) is 36.6. The minimum Gasteiger partial charge on any atom is -0.480 e. The van der Waals surface area contributed by atoms with Crippen LogP contribution in [0.15, 0.2) is 12.7 Å². The van der Waals surface area contributed by atoms with Gasteiger partial charge in [-0.15, -0.1) is 6.58 Å². The number of hydrogen-bond donors (Lipinski definition) is 2. The predicted molar refractivity (Wildman–Crippen MR) is 224 cm³/mol. The van der Waals surface area contributed by atoms with Crippen LogP contribution in [0.1, 0.15) is 160 Å². The largest absolute Gasteiger partial charge is 0.480 e. The third-order valence-corrected chi connectivity index (χ3v) is 14.9. The van der Waals surface area contributed by atoms with Crippen molar-refractivity contribution < 1.29 is 14.1 Å². The molecule has 0 aromatic carbocycles. The Hall–Kier alpha value is -0.760. The third kappa shape index (κ3) is 12.9. The lowest BCUT2D eigenvalue weighted by atomic mass is 9.39. The molecule has 0 amide bonds. The molecule has 5 rings (SSSR count). The molecule has 5 fully saturated rings. The molecule has 0 spiro atoms. The number of fused-ring (bicyclic) bond motifs is 5. The number of nitrogens with zero attached hydrogens (tertiary/aromatic N) is 2. The average Bonchev–Trinajstić information content (AvgIpc) is 3.12. The lowest BCUT2D eigenvalue weighted by molar-refractivity contribution is -0.200. The monoisotopic (exact) mass is 738 g/mol. The van der Waals surface area contributed by atoms with Crippen LogP contribution >= 0.6 is 0 Å². The van der Waals surface area contributed by atoms with Crippen molar-refractivity contribution in [3.05, 3.63) is 12.7 Å². The number of piperidine rings is 1. The van der Waals surface area contributed by atoms with Crippen molar-refractivity contribution in [2.75, 3.05) is 57.3 Å². The maximum Gasteiger partial charge on any atom is 0.317 e. The minimum atomic E-state index is -0.679. The smallest absolute Gasteiger partial charge is 0.317 e. The summed E-state index contributed by atoms with van der Waals surface area (Å²) in [6.07, 6.45) is 19.4. The van der Waals surface area contributed by atoms with Gasteiger partial charge in [0.25, 0.3) is 0 Å². The van der Waals surface area contributed by atoms with E-state index in [9.17, 15) is 14.1 Å². The Bertz CT molecular complexity index is 981. The van der Waals surface area contributed by atoms with Gasteiger partial charge in [0.2, 0.25) is 0 Å². The van der Waals surface area contributed by atoms with Crippen molar-refractivity contribution in [3.8, 4) is 0 Å². The van der Waals surface area contributed by atoms with Crippen LogP contribution in [-0.4, -0.2) is 87.9 Å². The van der Waals surface area contributed by atoms with E-state index in [-0.39, 0.29) is 12.1 Å². The zero-order valence-electron chi connectivity index (χ0n) is 35.8. The van der Waals surface area contributed by atoms with Crippen LogP contribution in [0, 0.1) is 40.4 Å². The van der Waals surface area contributed by atoms with E-state index in [4.69, 9.17) is 0 Å². The molecule has 2 aliphatic heterocycles. The topological polar surface area (TPSA) is 72.9 Å². The molecule has 0 radical (unpaired) electrons. The molecule has 2 saturated heterocycles. The van der Waals surface area contributed by atoms with Crippen molar-refractivity contribution in [1.29, 1.82) is 0 Å². The molecule has 302 valence electrons. The number of nitrogens with one attached hydrogen (secondary N) is 1. The van der Waals surface area contributed by atoms with Crippen molar-refractivity contribution in [2.24, 2.45) is 40.4 Å². The van der Waals surface area contributed by atoms with E-state index in [0.29, 0.717) is 16.7 Å². The second-order valence-electron chi connectivity index (χ2n) is 16.5. The van der Waals surface area contributed by atoms with Gasteiger partial charge in [-0.25, -0.2) is 0 Å². The normalized spacial score (nSPS) is 33.0. The highest BCUT2D eigenvalue weighted by atomic mass is 32.2. The van der Waals surface area contributed by atoms with E-state index >= 15 is 0 Å². The number of aliphatic carboxylic acids is 1. The van der Waals surface area contributed by atoms with Gasteiger partial charge in [0.05, 0.1) is 6.54 Å². The van der Waals surface area contributed by atoms with Gasteiger partial charge in [0.15, 0.2) is 0 Å². The second kappa shape index (κ2) is 24.6. The quantitative estimate of drug-likeness (QED) is 0.153. The van der Waals surface area contributed by atoms with Gasteiger partial charge < -0.3 is 15.3 Å². The highest BCUT2D eigenvalue weighted by Crippen LogP contribution is 2.69. The summed E-state index contributed by atoms with van der Waals surface area (Å²) >= 11 is 0. The molecule has 2 heterocycles. The number of hydrogen-bond acceptors (Lipinski definition) is 5. The van der Waals surface area contributed by atoms with Crippen LogP contribution < -0.4 is 5.32 Å². The van der Waals surface area contributed by atoms with Crippen LogP contribution in [0.25, 0.3) is 0 Å². The van der Waals surface area contributed by atoms with E-state index in [1.807, 2.05) is 48.5 Å². The van der Waals surface area contributed by atoms with Crippen LogP contribution in [0.2, 0.25) is 0 Å². The van der Waals surface area contributed by atoms with E-state index in [2.05, 4.69) is 49.4 Å². The van der Waals surface area contributed by atoms with Gasteiger partial charge in [-0.2, -0.15) is 0 Å². The van der Waals surface area contributed by atoms with Gasteiger partial charge in [-0.1, -0.05) is 93.6 Å². The number of rotatable bonds is 12. The molecule has 51 heavy (non-hydrogen) atoms. The molecule has 7 atom stereocenters. The van der Waals surface area contributed by atoms with Crippen molar-refractivity contribution >= 4 is 16.8 Å². The molecule has 0 bridgehead atoms. The lowest BCUT2D eigenvalue weighted by Gasteiger charge is -2.69. The molecule has 0 aromatic rings. The zero-order chi connectivity index (χ0) is 38.7. The molecule has 3 saturated carbocycles. The lowest BCUT2D eigenvalue weighted by Crippen LogP contribution is -2.67. The molecule has 3 aliphatic carbocycles. The molecule has 6 unspecified atom stereocenters. The van der Waals surface area contributed by atoms with Gasteiger partial charge in [0.1, 0.15) is 0 Å². The number of likely N-dealkylation sites (tertiary alicyclic amines) is 1. The molecule has 2 N–H and O–H groups in total. The molecule has 6 nitrogen and oxygen atoms in total. The van der Waals surface area contributed by atoms with Crippen LogP contribution in [0.4, 0.5) is 0 Å².